The molecule has 1 saturated carbocycles. The summed E-state index contributed by atoms with van der Waals surface area (Å²) < 4.78 is 19.7. The second-order valence-corrected chi connectivity index (χ2v) is 8.31. The number of carbonyl (C=O) groups is 1. The van der Waals surface area contributed by atoms with Crippen LogP contribution >= 0.6 is 0 Å². The molecule has 0 atom stereocenters. The molecule has 8 nitrogen and oxygen atoms in total. The number of amides is 1. The van der Waals surface area contributed by atoms with Gasteiger partial charge >= 0.3 is 6.09 Å². The highest BCUT2D eigenvalue weighted by atomic mass is 19.1. The van der Waals surface area contributed by atoms with E-state index < -0.39 is 5.60 Å². The average molecular weight is 434 g/mol. The Morgan fingerprint density at radius 1 is 1.12 bits per heavy atom. The van der Waals surface area contributed by atoms with Crippen LogP contribution in [-0.2, 0) is 4.74 Å². The number of ether oxygens (including phenoxy) is 1. The summed E-state index contributed by atoms with van der Waals surface area (Å²) in [4.78, 5) is 22.7. The molecule has 1 aromatic carbocycles. The van der Waals surface area contributed by atoms with Crippen LogP contribution in [0.4, 0.5) is 20.8 Å². The number of nitrogens with one attached hydrogen (secondary N) is 1. The number of rotatable bonds is 5. The lowest BCUT2D eigenvalue weighted by Gasteiger charge is -2.35. The molecule has 32 heavy (non-hydrogen) atoms. The SMILES string of the molecule is O=C1O[C@]2(CC[C@H](CNc3cnc(-c4ccccc4F)cn3)CC2)CN1c1cccnn1. The van der Waals surface area contributed by atoms with Crippen molar-refractivity contribution < 1.29 is 13.9 Å². The first-order valence-corrected chi connectivity index (χ1v) is 10.7. The molecule has 0 unspecified atom stereocenters. The van der Waals surface area contributed by atoms with Crippen molar-refractivity contribution in [3.63, 3.8) is 0 Å². The van der Waals surface area contributed by atoms with Gasteiger partial charge in [0.1, 0.15) is 17.2 Å². The molecule has 164 valence electrons. The van der Waals surface area contributed by atoms with Crippen LogP contribution in [0, 0.1) is 11.7 Å². The highest BCUT2D eigenvalue weighted by Crippen LogP contribution is 2.40. The van der Waals surface area contributed by atoms with E-state index in [1.165, 1.54) is 6.07 Å². The molecule has 9 heteroatoms. The smallest absolute Gasteiger partial charge is 0.416 e. The van der Waals surface area contributed by atoms with Crippen LogP contribution in [-0.4, -0.2) is 44.9 Å². The fourth-order valence-corrected chi connectivity index (χ4v) is 4.38. The summed E-state index contributed by atoms with van der Waals surface area (Å²) in [7, 11) is 0. The number of hydrogen-bond donors (Lipinski definition) is 1. The van der Waals surface area contributed by atoms with Gasteiger partial charge in [0.05, 0.1) is 24.6 Å². The van der Waals surface area contributed by atoms with E-state index in [2.05, 4.69) is 25.5 Å². The van der Waals surface area contributed by atoms with Crippen molar-refractivity contribution >= 4 is 17.7 Å². The molecule has 0 radical (unpaired) electrons. The minimum absolute atomic E-state index is 0.316. The summed E-state index contributed by atoms with van der Waals surface area (Å²) in [6.45, 7) is 1.26. The third-order valence-electron chi connectivity index (χ3n) is 6.20. The Morgan fingerprint density at radius 3 is 2.69 bits per heavy atom. The third-order valence-corrected chi connectivity index (χ3v) is 6.20. The maximum absolute atomic E-state index is 13.9. The molecule has 0 bridgehead atoms. The molecule has 2 aromatic heterocycles. The largest absolute Gasteiger partial charge is 0.441 e. The molecule has 2 aliphatic rings. The van der Waals surface area contributed by atoms with Crippen LogP contribution in [0.5, 0.6) is 0 Å². The van der Waals surface area contributed by atoms with Crippen LogP contribution in [0.1, 0.15) is 25.7 Å². The lowest BCUT2D eigenvalue weighted by atomic mass is 9.78. The number of halogens is 1. The number of carbonyl (C=O) groups excluding carboxylic acids is 1. The van der Waals surface area contributed by atoms with Crippen LogP contribution in [0.25, 0.3) is 11.3 Å². The molecule has 1 aliphatic carbocycles. The van der Waals surface area contributed by atoms with Crippen molar-refractivity contribution in [1.29, 1.82) is 0 Å². The molecule has 2 fully saturated rings. The van der Waals surface area contributed by atoms with Gasteiger partial charge in [-0.2, -0.15) is 5.10 Å². The van der Waals surface area contributed by atoms with E-state index in [0.29, 0.717) is 35.4 Å². The van der Waals surface area contributed by atoms with Crippen molar-refractivity contribution in [2.24, 2.45) is 5.92 Å². The van der Waals surface area contributed by atoms with Crippen molar-refractivity contribution in [3.8, 4) is 11.3 Å². The first kappa shape index (κ1) is 20.3. The van der Waals surface area contributed by atoms with E-state index in [4.69, 9.17) is 4.74 Å². The van der Waals surface area contributed by atoms with Gasteiger partial charge in [-0.3, -0.25) is 9.88 Å². The van der Waals surface area contributed by atoms with E-state index in [-0.39, 0.29) is 11.9 Å². The van der Waals surface area contributed by atoms with Crippen molar-refractivity contribution in [1.82, 2.24) is 20.2 Å². The summed E-state index contributed by atoms with van der Waals surface area (Å²) in [6.07, 6.45) is 7.92. The zero-order valence-electron chi connectivity index (χ0n) is 17.4. The van der Waals surface area contributed by atoms with Gasteiger partial charge < -0.3 is 10.1 Å². The van der Waals surface area contributed by atoms with Crippen LogP contribution in [0.15, 0.2) is 55.0 Å². The predicted octanol–water partition coefficient (Wildman–Crippen LogP) is 4.07. The number of benzene rings is 1. The molecular weight excluding hydrogens is 411 g/mol. The van der Waals surface area contributed by atoms with Gasteiger partial charge in [-0.15, -0.1) is 5.10 Å². The molecular formula is C23H23FN6O2. The summed E-state index contributed by atoms with van der Waals surface area (Å²) in [5.74, 6) is 1.31. The van der Waals surface area contributed by atoms with Crippen LogP contribution in [0.3, 0.4) is 0 Å². The fourth-order valence-electron chi connectivity index (χ4n) is 4.38. The second kappa shape index (κ2) is 8.49. The number of nitrogens with zero attached hydrogens (tertiary/aromatic N) is 5. The number of anilines is 2. The molecule has 1 saturated heterocycles. The topological polar surface area (TPSA) is 93.1 Å². The minimum atomic E-state index is -0.452. The van der Waals surface area contributed by atoms with Crippen molar-refractivity contribution in [3.05, 3.63) is 60.8 Å². The fraction of sp³-hybridized carbons (Fsp3) is 0.348. The van der Waals surface area contributed by atoms with Gasteiger partial charge in [0.15, 0.2) is 5.82 Å². The highest BCUT2D eigenvalue weighted by Gasteiger charge is 2.48. The van der Waals surface area contributed by atoms with Crippen LogP contribution < -0.4 is 10.2 Å². The Bertz CT molecular complexity index is 1090. The van der Waals surface area contributed by atoms with Gasteiger partial charge in [-0.1, -0.05) is 12.1 Å². The molecule has 1 N–H and O–H groups in total. The first-order chi connectivity index (χ1) is 15.6. The standard InChI is InChI=1S/C23H23FN6O2/c24-18-5-2-1-4-17(18)19-13-27-20(14-25-19)26-12-16-7-9-23(10-8-16)15-30(22(31)32-23)21-6-3-11-28-29-21/h1-6,11,13-14,16H,7-10,12,15H2,(H,26,27)/t16-,23-. The Balaban J connectivity index is 1.14. The number of aromatic nitrogens is 4. The lowest BCUT2D eigenvalue weighted by Crippen LogP contribution is -2.39. The highest BCUT2D eigenvalue weighted by molar-refractivity contribution is 5.89. The first-order valence-electron chi connectivity index (χ1n) is 10.7. The summed E-state index contributed by atoms with van der Waals surface area (Å²) in [5, 5.41) is 11.2. The van der Waals surface area contributed by atoms with E-state index in [1.807, 2.05) is 0 Å². The monoisotopic (exact) mass is 434 g/mol. The maximum atomic E-state index is 13.9. The molecule has 3 aromatic rings. The molecule has 3 heterocycles. The predicted molar refractivity (Wildman–Crippen MR) is 116 cm³/mol. The van der Waals surface area contributed by atoms with Crippen molar-refractivity contribution in [2.45, 2.75) is 31.3 Å². The Morgan fingerprint density at radius 2 is 1.97 bits per heavy atom. The summed E-state index contributed by atoms with van der Waals surface area (Å²) in [6, 6.07) is 10.0. The Hall–Kier alpha value is -3.62. The molecule has 5 rings (SSSR count). The van der Waals surface area contributed by atoms with E-state index in [1.54, 1.807) is 53.8 Å². The normalized spacial score (nSPS) is 22.7. The minimum Gasteiger partial charge on any atom is -0.441 e. The second-order valence-electron chi connectivity index (χ2n) is 8.31. The number of hydrogen-bond acceptors (Lipinski definition) is 7. The van der Waals surface area contributed by atoms with Gasteiger partial charge in [0.2, 0.25) is 0 Å². The van der Waals surface area contributed by atoms with Gasteiger partial charge in [-0.05, 0) is 55.9 Å². The summed E-state index contributed by atoms with van der Waals surface area (Å²) >= 11 is 0. The Kier molecular flexibility index (Phi) is 5.38. The summed E-state index contributed by atoms with van der Waals surface area (Å²) in [5.41, 5.74) is 0.488. The lowest BCUT2D eigenvalue weighted by molar-refractivity contribution is 0.0148. The molecule has 1 spiro atoms. The Labute approximate surface area is 184 Å². The zero-order chi connectivity index (χ0) is 22.0. The van der Waals surface area contributed by atoms with Gasteiger partial charge in [0, 0.05) is 18.3 Å². The van der Waals surface area contributed by atoms with E-state index in [0.717, 1.165) is 32.2 Å². The zero-order valence-corrected chi connectivity index (χ0v) is 17.4. The third kappa shape index (κ3) is 4.10. The molecule has 1 aliphatic heterocycles. The molecule has 1 amide bonds. The van der Waals surface area contributed by atoms with E-state index in [9.17, 15) is 9.18 Å². The van der Waals surface area contributed by atoms with Gasteiger partial charge in [0.25, 0.3) is 0 Å². The average Bonchev–Trinajstić information content (AvgIpc) is 3.16. The quantitative estimate of drug-likeness (QED) is 0.647. The van der Waals surface area contributed by atoms with Crippen LogP contribution in [0.2, 0.25) is 0 Å². The van der Waals surface area contributed by atoms with E-state index >= 15 is 0 Å². The van der Waals surface area contributed by atoms with Crippen molar-refractivity contribution in [2.75, 3.05) is 23.3 Å². The van der Waals surface area contributed by atoms with Gasteiger partial charge in [-0.25, -0.2) is 14.2 Å². The maximum Gasteiger partial charge on any atom is 0.416 e.